The van der Waals surface area contributed by atoms with Crippen molar-refractivity contribution in [2.45, 2.75) is 24.9 Å². The van der Waals surface area contributed by atoms with Crippen molar-refractivity contribution in [1.29, 1.82) is 0 Å². The molecule has 0 radical (unpaired) electrons. The number of rotatable bonds is 5. The molecule has 2 aliphatic rings. The summed E-state index contributed by atoms with van der Waals surface area (Å²) < 4.78 is 10.8. The molecule has 1 aliphatic heterocycles. The first kappa shape index (κ1) is 11.8. The Bertz CT molecular complexity index is 430. The van der Waals surface area contributed by atoms with Crippen molar-refractivity contribution in [3.8, 4) is 11.5 Å². The van der Waals surface area contributed by atoms with Gasteiger partial charge in [0.25, 0.3) is 0 Å². The first-order valence-electron chi connectivity index (χ1n) is 6.53. The molecule has 0 amide bonds. The molecule has 3 rings (SSSR count). The van der Waals surface area contributed by atoms with Crippen LogP contribution in [0.5, 0.6) is 11.5 Å². The van der Waals surface area contributed by atoms with Crippen LogP contribution in [0.1, 0.15) is 24.4 Å². The fourth-order valence-corrected chi connectivity index (χ4v) is 2.28. The standard InChI is InChI=1S/C14H20N2O2/c1-16(2)12(8-15-11-4-5-11)10-3-6-13-14(7-10)18-9-17-13/h3,6-7,11-12,15H,4-5,8-9H2,1-2H3. The van der Waals surface area contributed by atoms with Gasteiger partial charge in [-0.15, -0.1) is 0 Å². The summed E-state index contributed by atoms with van der Waals surface area (Å²) in [5.41, 5.74) is 1.28. The molecule has 1 N–H and O–H groups in total. The van der Waals surface area contributed by atoms with Gasteiger partial charge >= 0.3 is 0 Å². The van der Waals surface area contributed by atoms with E-state index in [9.17, 15) is 0 Å². The van der Waals surface area contributed by atoms with E-state index in [2.05, 4.69) is 36.4 Å². The quantitative estimate of drug-likeness (QED) is 0.861. The molecule has 4 nitrogen and oxygen atoms in total. The molecule has 1 aliphatic carbocycles. The maximum absolute atomic E-state index is 5.45. The van der Waals surface area contributed by atoms with Gasteiger partial charge in [-0.25, -0.2) is 0 Å². The number of hydrogen-bond donors (Lipinski definition) is 1. The monoisotopic (exact) mass is 248 g/mol. The molecule has 0 spiro atoms. The Kier molecular flexibility index (Phi) is 3.14. The minimum absolute atomic E-state index is 0.339. The fraction of sp³-hybridized carbons (Fsp3) is 0.571. The lowest BCUT2D eigenvalue weighted by Gasteiger charge is -2.25. The van der Waals surface area contributed by atoms with Gasteiger partial charge in [0, 0.05) is 18.6 Å². The number of likely N-dealkylation sites (N-methyl/N-ethyl adjacent to an activating group) is 1. The average Bonchev–Trinajstić information content (AvgIpc) is 3.05. The first-order valence-corrected chi connectivity index (χ1v) is 6.53. The van der Waals surface area contributed by atoms with Crippen molar-refractivity contribution in [3.05, 3.63) is 23.8 Å². The molecule has 0 saturated heterocycles. The van der Waals surface area contributed by atoms with Gasteiger partial charge in [-0.05, 0) is 44.6 Å². The Balaban J connectivity index is 1.75. The minimum atomic E-state index is 0.339. The smallest absolute Gasteiger partial charge is 0.231 e. The number of fused-ring (bicyclic) bond motifs is 1. The van der Waals surface area contributed by atoms with Crippen LogP contribution in [0.15, 0.2) is 18.2 Å². The highest BCUT2D eigenvalue weighted by Crippen LogP contribution is 2.35. The maximum Gasteiger partial charge on any atom is 0.231 e. The van der Waals surface area contributed by atoms with Crippen molar-refractivity contribution in [2.75, 3.05) is 27.4 Å². The molecule has 1 heterocycles. The Morgan fingerprint density at radius 3 is 2.78 bits per heavy atom. The van der Waals surface area contributed by atoms with E-state index in [0.717, 1.165) is 24.1 Å². The van der Waals surface area contributed by atoms with Crippen LogP contribution in [0.25, 0.3) is 0 Å². The summed E-state index contributed by atoms with van der Waals surface area (Å²) in [5, 5.41) is 3.59. The zero-order valence-corrected chi connectivity index (χ0v) is 11.0. The molecule has 1 unspecified atom stereocenters. The summed E-state index contributed by atoms with van der Waals surface area (Å²) in [4.78, 5) is 2.24. The van der Waals surface area contributed by atoms with Crippen LogP contribution in [0, 0.1) is 0 Å². The second kappa shape index (κ2) is 4.78. The van der Waals surface area contributed by atoms with Gasteiger partial charge in [0.05, 0.1) is 0 Å². The van der Waals surface area contributed by atoms with Gasteiger partial charge < -0.3 is 19.7 Å². The second-order valence-electron chi connectivity index (χ2n) is 5.27. The van der Waals surface area contributed by atoms with Crippen LogP contribution in [0.4, 0.5) is 0 Å². The zero-order chi connectivity index (χ0) is 12.5. The third kappa shape index (κ3) is 2.44. The molecular formula is C14H20N2O2. The third-order valence-corrected chi connectivity index (χ3v) is 3.58. The van der Waals surface area contributed by atoms with Gasteiger partial charge in [-0.3, -0.25) is 0 Å². The minimum Gasteiger partial charge on any atom is -0.454 e. The summed E-state index contributed by atoms with van der Waals surface area (Å²) in [6.07, 6.45) is 2.64. The number of ether oxygens (including phenoxy) is 2. The second-order valence-corrected chi connectivity index (χ2v) is 5.27. The van der Waals surface area contributed by atoms with E-state index in [-0.39, 0.29) is 0 Å². The van der Waals surface area contributed by atoms with Crippen molar-refractivity contribution in [1.82, 2.24) is 10.2 Å². The molecule has 1 saturated carbocycles. The number of nitrogens with one attached hydrogen (secondary N) is 1. The maximum atomic E-state index is 5.45. The van der Waals surface area contributed by atoms with Crippen LogP contribution >= 0.6 is 0 Å². The van der Waals surface area contributed by atoms with E-state index in [0.29, 0.717) is 12.8 Å². The molecule has 0 bridgehead atoms. The molecular weight excluding hydrogens is 228 g/mol. The number of hydrogen-bond acceptors (Lipinski definition) is 4. The summed E-state index contributed by atoms with van der Waals surface area (Å²) in [5.74, 6) is 1.72. The summed E-state index contributed by atoms with van der Waals surface area (Å²) in [6, 6.07) is 7.35. The van der Waals surface area contributed by atoms with E-state index in [1.54, 1.807) is 0 Å². The number of benzene rings is 1. The van der Waals surface area contributed by atoms with E-state index >= 15 is 0 Å². The lowest BCUT2D eigenvalue weighted by Crippen LogP contribution is -2.32. The molecule has 1 aromatic carbocycles. The predicted molar refractivity (Wildman–Crippen MR) is 70.0 cm³/mol. The van der Waals surface area contributed by atoms with Crippen molar-refractivity contribution < 1.29 is 9.47 Å². The van der Waals surface area contributed by atoms with Crippen LogP contribution in [0.2, 0.25) is 0 Å². The molecule has 1 fully saturated rings. The van der Waals surface area contributed by atoms with Crippen LogP contribution in [-0.4, -0.2) is 38.4 Å². The SMILES string of the molecule is CN(C)C(CNC1CC1)c1ccc2c(c1)OCO2. The van der Waals surface area contributed by atoms with Gasteiger partial charge in [0.2, 0.25) is 6.79 Å². The van der Waals surface area contributed by atoms with Crippen molar-refractivity contribution in [3.63, 3.8) is 0 Å². The molecule has 4 heteroatoms. The van der Waals surface area contributed by atoms with E-state index in [4.69, 9.17) is 9.47 Å². The Hall–Kier alpha value is -1.26. The van der Waals surface area contributed by atoms with Crippen LogP contribution in [-0.2, 0) is 0 Å². The van der Waals surface area contributed by atoms with Gasteiger partial charge in [0.1, 0.15) is 0 Å². The summed E-state index contributed by atoms with van der Waals surface area (Å²) in [7, 11) is 4.23. The predicted octanol–water partition coefficient (Wildman–Crippen LogP) is 1.77. The van der Waals surface area contributed by atoms with Gasteiger partial charge in [-0.1, -0.05) is 6.07 Å². The number of nitrogens with zero attached hydrogens (tertiary/aromatic N) is 1. The van der Waals surface area contributed by atoms with E-state index in [1.807, 2.05) is 6.07 Å². The van der Waals surface area contributed by atoms with Gasteiger partial charge in [0.15, 0.2) is 11.5 Å². The summed E-state index contributed by atoms with van der Waals surface area (Å²) >= 11 is 0. The normalized spacial score (nSPS) is 19.3. The van der Waals surface area contributed by atoms with Crippen molar-refractivity contribution in [2.24, 2.45) is 0 Å². The lowest BCUT2D eigenvalue weighted by atomic mass is 10.1. The zero-order valence-electron chi connectivity index (χ0n) is 11.0. The molecule has 0 aromatic heterocycles. The molecule has 1 aromatic rings. The van der Waals surface area contributed by atoms with E-state index in [1.165, 1.54) is 18.4 Å². The Morgan fingerprint density at radius 1 is 1.28 bits per heavy atom. The molecule has 98 valence electrons. The lowest BCUT2D eigenvalue weighted by molar-refractivity contribution is 0.174. The van der Waals surface area contributed by atoms with E-state index < -0.39 is 0 Å². The van der Waals surface area contributed by atoms with Crippen LogP contribution < -0.4 is 14.8 Å². The highest BCUT2D eigenvalue weighted by Gasteiger charge is 2.24. The highest BCUT2D eigenvalue weighted by atomic mass is 16.7. The van der Waals surface area contributed by atoms with Crippen LogP contribution in [0.3, 0.4) is 0 Å². The third-order valence-electron chi connectivity index (χ3n) is 3.58. The Morgan fingerprint density at radius 2 is 2.06 bits per heavy atom. The topological polar surface area (TPSA) is 33.7 Å². The largest absolute Gasteiger partial charge is 0.454 e. The Labute approximate surface area is 108 Å². The summed E-state index contributed by atoms with van der Waals surface area (Å²) in [6.45, 7) is 1.32. The highest BCUT2D eigenvalue weighted by molar-refractivity contribution is 5.45. The van der Waals surface area contributed by atoms with Gasteiger partial charge in [-0.2, -0.15) is 0 Å². The molecule has 1 atom stereocenters. The average molecular weight is 248 g/mol. The van der Waals surface area contributed by atoms with Crippen molar-refractivity contribution >= 4 is 0 Å². The molecule has 18 heavy (non-hydrogen) atoms. The first-order chi connectivity index (χ1) is 8.74. The fourth-order valence-electron chi connectivity index (χ4n) is 2.28.